The first-order valence-electron chi connectivity index (χ1n) is 8.72. The van der Waals surface area contributed by atoms with E-state index in [1.54, 1.807) is 11.1 Å². The highest BCUT2D eigenvalue weighted by Crippen LogP contribution is 2.32. The molecule has 1 atom stereocenters. The Morgan fingerprint density at radius 3 is 2.70 bits per heavy atom. The van der Waals surface area contributed by atoms with Gasteiger partial charge < -0.3 is 5.32 Å². The molecule has 110 valence electrons. The topological polar surface area (TPSA) is 12.0 Å². The van der Waals surface area contributed by atoms with E-state index in [1.165, 1.54) is 63.4 Å². The molecule has 1 N–H and O–H groups in total. The van der Waals surface area contributed by atoms with Crippen molar-refractivity contribution in [1.29, 1.82) is 0 Å². The maximum Gasteiger partial charge on any atom is 0.0320 e. The monoisotopic (exact) mass is 271 g/mol. The Bertz CT molecular complexity index is 431. The second-order valence-electron chi connectivity index (χ2n) is 6.72. The van der Waals surface area contributed by atoms with Gasteiger partial charge in [-0.25, -0.2) is 0 Å². The third-order valence-electron chi connectivity index (χ3n) is 5.31. The van der Waals surface area contributed by atoms with Gasteiger partial charge in [-0.15, -0.1) is 0 Å². The summed E-state index contributed by atoms with van der Waals surface area (Å²) in [5.74, 6) is 1.01. The lowest BCUT2D eigenvalue weighted by Gasteiger charge is -2.21. The summed E-state index contributed by atoms with van der Waals surface area (Å²) < 4.78 is 0. The van der Waals surface area contributed by atoms with Gasteiger partial charge in [-0.2, -0.15) is 0 Å². The molecule has 0 amide bonds. The molecule has 0 aliphatic heterocycles. The van der Waals surface area contributed by atoms with Crippen molar-refractivity contribution in [2.75, 3.05) is 6.54 Å². The smallest absolute Gasteiger partial charge is 0.0320 e. The zero-order valence-electron chi connectivity index (χ0n) is 13.0. The van der Waals surface area contributed by atoms with E-state index in [0.717, 1.165) is 12.5 Å². The lowest BCUT2D eigenvalue weighted by molar-refractivity contribution is 0.416. The van der Waals surface area contributed by atoms with Crippen LogP contribution in [0.5, 0.6) is 0 Å². The lowest BCUT2D eigenvalue weighted by Crippen LogP contribution is -2.21. The molecule has 1 aromatic carbocycles. The van der Waals surface area contributed by atoms with Crippen molar-refractivity contribution >= 4 is 0 Å². The Morgan fingerprint density at radius 2 is 1.90 bits per heavy atom. The summed E-state index contributed by atoms with van der Waals surface area (Å²) in [5.41, 5.74) is 4.75. The predicted molar refractivity (Wildman–Crippen MR) is 86.1 cm³/mol. The molecule has 0 heterocycles. The van der Waals surface area contributed by atoms with Crippen LogP contribution in [-0.4, -0.2) is 6.54 Å². The van der Waals surface area contributed by atoms with Gasteiger partial charge in [0, 0.05) is 6.04 Å². The van der Waals surface area contributed by atoms with E-state index < -0.39 is 0 Å². The van der Waals surface area contributed by atoms with Crippen LogP contribution in [0.4, 0.5) is 0 Å². The number of nitrogens with one attached hydrogen (secondary N) is 1. The molecule has 0 saturated heterocycles. The summed E-state index contributed by atoms with van der Waals surface area (Å²) in [6.07, 6.45) is 12.6. The summed E-state index contributed by atoms with van der Waals surface area (Å²) in [5, 5.41) is 3.71. The zero-order valence-corrected chi connectivity index (χ0v) is 13.0. The van der Waals surface area contributed by atoms with E-state index in [2.05, 4.69) is 30.4 Å². The molecule has 1 heteroatoms. The van der Waals surface area contributed by atoms with Gasteiger partial charge >= 0.3 is 0 Å². The van der Waals surface area contributed by atoms with Gasteiger partial charge in [0.2, 0.25) is 0 Å². The lowest BCUT2D eigenvalue weighted by atomic mass is 9.93. The van der Waals surface area contributed by atoms with E-state index in [4.69, 9.17) is 0 Å². The standard InChI is InChI=1S/C19H29N/c1-2-20-19(13-10-15-6-3-4-7-15)18-12-11-16-8-5-9-17(16)14-18/h11-12,14-15,19-20H,2-10,13H2,1H3. The van der Waals surface area contributed by atoms with Crippen LogP contribution in [0.25, 0.3) is 0 Å². The zero-order chi connectivity index (χ0) is 13.8. The van der Waals surface area contributed by atoms with Crippen molar-refractivity contribution < 1.29 is 0 Å². The van der Waals surface area contributed by atoms with Crippen molar-refractivity contribution in [3.63, 3.8) is 0 Å². The molecule has 2 aliphatic rings. The summed E-state index contributed by atoms with van der Waals surface area (Å²) in [7, 11) is 0. The average Bonchev–Trinajstić information content (AvgIpc) is 3.13. The minimum absolute atomic E-state index is 0.575. The largest absolute Gasteiger partial charge is 0.310 e. The van der Waals surface area contributed by atoms with Crippen LogP contribution in [0, 0.1) is 5.92 Å². The highest BCUT2D eigenvalue weighted by atomic mass is 14.9. The molecule has 0 bridgehead atoms. The second-order valence-corrected chi connectivity index (χ2v) is 6.72. The number of hydrogen-bond donors (Lipinski definition) is 1. The van der Waals surface area contributed by atoms with Crippen LogP contribution in [0.3, 0.4) is 0 Å². The van der Waals surface area contributed by atoms with Gasteiger partial charge in [0.1, 0.15) is 0 Å². The molecule has 0 aromatic heterocycles. The van der Waals surface area contributed by atoms with Crippen molar-refractivity contribution in [1.82, 2.24) is 5.32 Å². The average molecular weight is 271 g/mol. The van der Waals surface area contributed by atoms with Crippen LogP contribution in [0.15, 0.2) is 18.2 Å². The van der Waals surface area contributed by atoms with Crippen molar-refractivity contribution in [2.45, 2.75) is 70.8 Å². The first-order valence-corrected chi connectivity index (χ1v) is 8.72. The Kier molecular flexibility index (Phi) is 4.77. The number of rotatable bonds is 6. The van der Waals surface area contributed by atoms with E-state index in [1.807, 2.05) is 0 Å². The summed E-state index contributed by atoms with van der Waals surface area (Å²) >= 11 is 0. The number of hydrogen-bond acceptors (Lipinski definition) is 1. The fraction of sp³-hybridized carbons (Fsp3) is 0.684. The molecular formula is C19H29N. The Labute approximate surface area is 124 Å². The first-order chi connectivity index (χ1) is 9.86. The minimum atomic E-state index is 0.575. The van der Waals surface area contributed by atoms with E-state index in [-0.39, 0.29) is 0 Å². The molecule has 1 aromatic rings. The first kappa shape index (κ1) is 14.1. The van der Waals surface area contributed by atoms with Crippen LogP contribution >= 0.6 is 0 Å². The van der Waals surface area contributed by atoms with Crippen molar-refractivity contribution in [3.05, 3.63) is 34.9 Å². The van der Waals surface area contributed by atoms with Gasteiger partial charge in [0.15, 0.2) is 0 Å². The number of fused-ring (bicyclic) bond motifs is 1. The molecule has 0 spiro atoms. The number of aryl methyl sites for hydroxylation is 2. The van der Waals surface area contributed by atoms with Crippen LogP contribution in [0.2, 0.25) is 0 Å². The maximum atomic E-state index is 3.71. The van der Waals surface area contributed by atoms with Crippen LogP contribution in [0.1, 0.15) is 74.6 Å². The molecule has 1 nitrogen and oxygen atoms in total. The second kappa shape index (κ2) is 6.76. The molecule has 20 heavy (non-hydrogen) atoms. The van der Waals surface area contributed by atoms with Crippen LogP contribution in [-0.2, 0) is 12.8 Å². The van der Waals surface area contributed by atoms with Gasteiger partial charge in [-0.1, -0.05) is 50.8 Å². The van der Waals surface area contributed by atoms with Gasteiger partial charge in [-0.3, -0.25) is 0 Å². The fourth-order valence-corrected chi connectivity index (χ4v) is 4.14. The van der Waals surface area contributed by atoms with Gasteiger partial charge in [-0.05, 0) is 61.3 Å². The highest BCUT2D eigenvalue weighted by Gasteiger charge is 2.19. The van der Waals surface area contributed by atoms with Gasteiger partial charge in [0.05, 0.1) is 0 Å². The van der Waals surface area contributed by atoms with Crippen molar-refractivity contribution in [2.24, 2.45) is 5.92 Å². The molecule has 0 radical (unpaired) electrons. The van der Waals surface area contributed by atoms with E-state index in [9.17, 15) is 0 Å². The summed E-state index contributed by atoms with van der Waals surface area (Å²) in [6, 6.07) is 7.83. The quantitative estimate of drug-likeness (QED) is 0.784. The Hall–Kier alpha value is -0.820. The molecule has 1 saturated carbocycles. The summed E-state index contributed by atoms with van der Waals surface area (Å²) in [4.78, 5) is 0. The molecule has 1 unspecified atom stereocenters. The maximum absolute atomic E-state index is 3.71. The molecule has 2 aliphatic carbocycles. The Morgan fingerprint density at radius 1 is 1.10 bits per heavy atom. The minimum Gasteiger partial charge on any atom is -0.310 e. The molecule has 3 rings (SSSR count). The van der Waals surface area contributed by atoms with Gasteiger partial charge in [0.25, 0.3) is 0 Å². The normalized spacial score (nSPS) is 20.2. The molecular weight excluding hydrogens is 242 g/mol. The van der Waals surface area contributed by atoms with E-state index >= 15 is 0 Å². The third kappa shape index (κ3) is 3.25. The third-order valence-corrected chi connectivity index (χ3v) is 5.31. The van der Waals surface area contributed by atoms with Crippen LogP contribution < -0.4 is 5.32 Å². The number of benzene rings is 1. The fourth-order valence-electron chi connectivity index (χ4n) is 4.14. The van der Waals surface area contributed by atoms with Crippen molar-refractivity contribution in [3.8, 4) is 0 Å². The summed E-state index contributed by atoms with van der Waals surface area (Å²) in [6.45, 7) is 3.31. The predicted octanol–water partition coefficient (Wildman–Crippen LogP) is 4.80. The van der Waals surface area contributed by atoms with E-state index in [0.29, 0.717) is 6.04 Å². The SMILES string of the molecule is CCNC(CCC1CCCC1)c1ccc2c(c1)CCC2. The molecule has 1 fully saturated rings. The highest BCUT2D eigenvalue weighted by molar-refractivity contribution is 5.36. The Balaban J connectivity index is 1.65.